The topological polar surface area (TPSA) is 25.8 Å². The number of rotatable bonds is 1. The quantitative estimate of drug-likeness (QED) is 0.498. The number of nitrogens with zero attached hydrogens (tertiary/aromatic N) is 2. The highest BCUT2D eigenvalue weighted by molar-refractivity contribution is 7.21. The van der Waals surface area contributed by atoms with Gasteiger partial charge in [-0.3, -0.25) is 4.98 Å². The predicted octanol–water partition coefficient (Wildman–Crippen LogP) is 4.82. The fourth-order valence-corrected chi connectivity index (χ4v) is 3.40. The molecule has 4 rings (SSSR count). The molecule has 0 amide bonds. The van der Waals surface area contributed by atoms with Crippen molar-refractivity contribution in [2.75, 3.05) is 0 Å². The number of thiazole rings is 1. The standard InChI is InChI=1S/C17H12N2S/c1-11-9-10-12-5-4-6-13(16(12)18-11)17-19-14-7-2-3-8-15(14)20-17/h2-10H,1H3. The maximum absolute atomic E-state index is 4.74. The molecule has 0 fully saturated rings. The molecule has 3 heteroatoms. The van der Waals surface area contributed by atoms with Crippen molar-refractivity contribution in [1.82, 2.24) is 9.97 Å². The van der Waals surface area contributed by atoms with Gasteiger partial charge >= 0.3 is 0 Å². The number of benzene rings is 2. The van der Waals surface area contributed by atoms with Crippen LogP contribution in [-0.4, -0.2) is 9.97 Å². The van der Waals surface area contributed by atoms with Crippen LogP contribution in [0.15, 0.2) is 54.6 Å². The van der Waals surface area contributed by atoms with E-state index in [2.05, 4.69) is 47.4 Å². The van der Waals surface area contributed by atoms with Gasteiger partial charge in [0, 0.05) is 16.6 Å². The van der Waals surface area contributed by atoms with E-state index in [0.717, 1.165) is 32.7 Å². The van der Waals surface area contributed by atoms with Crippen molar-refractivity contribution in [1.29, 1.82) is 0 Å². The molecule has 0 spiro atoms. The molecule has 2 heterocycles. The minimum Gasteiger partial charge on any atom is -0.252 e. The van der Waals surface area contributed by atoms with Crippen molar-refractivity contribution in [3.05, 3.63) is 60.3 Å². The molecule has 96 valence electrons. The summed E-state index contributed by atoms with van der Waals surface area (Å²) in [7, 11) is 0. The Balaban J connectivity index is 2.03. The molecule has 0 radical (unpaired) electrons. The second kappa shape index (κ2) is 4.39. The Morgan fingerprint density at radius 2 is 1.75 bits per heavy atom. The maximum Gasteiger partial charge on any atom is 0.126 e. The van der Waals surface area contributed by atoms with Crippen LogP contribution in [0.3, 0.4) is 0 Å². The van der Waals surface area contributed by atoms with Crippen LogP contribution < -0.4 is 0 Å². The van der Waals surface area contributed by atoms with E-state index in [1.807, 2.05) is 19.1 Å². The van der Waals surface area contributed by atoms with Crippen molar-refractivity contribution in [2.24, 2.45) is 0 Å². The molecular formula is C17H12N2S. The number of hydrogen-bond acceptors (Lipinski definition) is 3. The summed E-state index contributed by atoms with van der Waals surface area (Å²) in [5.74, 6) is 0. The number of aromatic nitrogens is 2. The Bertz CT molecular complexity index is 891. The lowest BCUT2D eigenvalue weighted by molar-refractivity contribution is 1.25. The Morgan fingerprint density at radius 1 is 0.850 bits per heavy atom. The van der Waals surface area contributed by atoms with Crippen LogP contribution in [0.25, 0.3) is 31.7 Å². The molecule has 0 unspecified atom stereocenters. The van der Waals surface area contributed by atoms with E-state index >= 15 is 0 Å². The van der Waals surface area contributed by atoms with Gasteiger partial charge in [0.1, 0.15) is 5.01 Å². The third-order valence-corrected chi connectivity index (χ3v) is 4.45. The van der Waals surface area contributed by atoms with Crippen LogP contribution in [-0.2, 0) is 0 Å². The summed E-state index contributed by atoms with van der Waals surface area (Å²) >= 11 is 1.72. The number of pyridine rings is 1. The summed E-state index contributed by atoms with van der Waals surface area (Å²) in [6.45, 7) is 2.02. The van der Waals surface area contributed by atoms with Crippen LogP contribution in [0.1, 0.15) is 5.69 Å². The van der Waals surface area contributed by atoms with Gasteiger partial charge in [0.2, 0.25) is 0 Å². The normalized spacial score (nSPS) is 11.2. The van der Waals surface area contributed by atoms with E-state index in [0.29, 0.717) is 0 Å². The summed E-state index contributed by atoms with van der Waals surface area (Å²) in [5.41, 5.74) is 4.24. The summed E-state index contributed by atoms with van der Waals surface area (Å²) in [6, 6.07) is 18.7. The van der Waals surface area contributed by atoms with Gasteiger partial charge < -0.3 is 0 Å². The second-order valence-electron chi connectivity index (χ2n) is 4.82. The van der Waals surface area contributed by atoms with Gasteiger partial charge in [-0.15, -0.1) is 11.3 Å². The van der Waals surface area contributed by atoms with Crippen LogP contribution in [0.2, 0.25) is 0 Å². The molecular weight excluding hydrogens is 264 g/mol. The molecule has 20 heavy (non-hydrogen) atoms. The largest absolute Gasteiger partial charge is 0.252 e. The zero-order valence-electron chi connectivity index (χ0n) is 11.0. The van der Waals surface area contributed by atoms with Crippen molar-refractivity contribution < 1.29 is 0 Å². The average molecular weight is 276 g/mol. The fourth-order valence-electron chi connectivity index (χ4n) is 2.40. The van der Waals surface area contributed by atoms with E-state index in [1.165, 1.54) is 4.70 Å². The molecule has 0 atom stereocenters. The molecule has 4 aromatic rings. The zero-order chi connectivity index (χ0) is 13.5. The van der Waals surface area contributed by atoms with Crippen LogP contribution in [0.5, 0.6) is 0 Å². The average Bonchev–Trinajstić information content (AvgIpc) is 2.90. The van der Waals surface area contributed by atoms with Crippen molar-refractivity contribution in [2.45, 2.75) is 6.92 Å². The van der Waals surface area contributed by atoms with Gasteiger partial charge in [0.25, 0.3) is 0 Å². The minimum atomic E-state index is 1.03. The van der Waals surface area contributed by atoms with Crippen LogP contribution in [0, 0.1) is 6.92 Å². The molecule has 0 N–H and O–H groups in total. The molecule has 0 aliphatic carbocycles. The van der Waals surface area contributed by atoms with Gasteiger partial charge in [-0.05, 0) is 31.2 Å². The fraction of sp³-hybridized carbons (Fsp3) is 0.0588. The molecule has 0 saturated carbocycles. The van der Waals surface area contributed by atoms with Gasteiger partial charge in [0.05, 0.1) is 15.7 Å². The molecule has 2 nitrogen and oxygen atoms in total. The zero-order valence-corrected chi connectivity index (χ0v) is 11.8. The van der Waals surface area contributed by atoms with Crippen molar-refractivity contribution in [3.63, 3.8) is 0 Å². The Hall–Kier alpha value is -2.26. The highest BCUT2D eigenvalue weighted by Gasteiger charge is 2.10. The van der Waals surface area contributed by atoms with Crippen molar-refractivity contribution in [3.8, 4) is 10.6 Å². The van der Waals surface area contributed by atoms with E-state index < -0.39 is 0 Å². The van der Waals surface area contributed by atoms with Crippen molar-refractivity contribution >= 4 is 32.5 Å². The maximum atomic E-state index is 4.74. The highest BCUT2D eigenvalue weighted by Crippen LogP contribution is 2.33. The summed E-state index contributed by atoms with van der Waals surface area (Å²) < 4.78 is 1.21. The summed E-state index contributed by atoms with van der Waals surface area (Å²) in [5, 5.41) is 2.20. The number of hydrogen-bond donors (Lipinski definition) is 0. The number of aryl methyl sites for hydroxylation is 1. The lowest BCUT2D eigenvalue weighted by Crippen LogP contribution is -1.86. The molecule has 0 saturated heterocycles. The third kappa shape index (κ3) is 1.79. The first-order valence-electron chi connectivity index (χ1n) is 6.53. The smallest absolute Gasteiger partial charge is 0.126 e. The van der Waals surface area contributed by atoms with Gasteiger partial charge in [-0.25, -0.2) is 4.98 Å². The lowest BCUT2D eigenvalue weighted by atomic mass is 10.1. The number of fused-ring (bicyclic) bond motifs is 2. The Labute approximate surface area is 120 Å². The highest BCUT2D eigenvalue weighted by atomic mass is 32.1. The molecule has 0 aliphatic rings. The van der Waals surface area contributed by atoms with Gasteiger partial charge in [-0.2, -0.15) is 0 Å². The van der Waals surface area contributed by atoms with E-state index in [-0.39, 0.29) is 0 Å². The first kappa shape index (κ1) is 11.6. The molecule has 0 bridgehead atoms. The first-order chi connectivity index (χ1) is 9.81. The third-order valence-electron chi connectivity index (χ3n) is 3.38. The molecule has 2 aromatic heterocycles. The van der Waals surface area contributed by atoms with E-state index in [9.17, 15) is 0 Å². The molecule has 0 aliphatic heterocycles. The SMILES string of the molecule is Cc1ccc2cccc(-c3nc4ccccc4s3)c2n1. The Kier molecular flexibility index (Phi) is 2.54. The van der Waals surface area contributed by atoms with Gasteiger partial charge in [0.15, 0.2) is 0 Å². The second-order valence-corrected chi connectivity index (χ2v) is 5.85. The monoisotopic (exact) mass is 276 g/mol. The number of para-hydroxylation sites is 2. The Morgan fingerprint density at radius 3 is 2.65 bits per heavy atom. The van der Waals surface area contributed by atoms with Crippen LogP contribution >= 0.6 is 11.3 Å². The molecule has 2 aromatic carbocycles. The van der Waals surface area contributed by atoms with Gasteiger partial charge in [-0.1, -0.05) is 30.3 Å². The van der Waals surface area contributed by atoms with Crippen LogP contribution in [0.4, 0.5) is 0 Å². The summed E-state index contributed by atoms with van der Waals surface area (Å²) in [4.78, 5) is 9.43. The van der Waals surface area contributed by atoms with E-state index in [4.69, 9.17) is 4.98 Å². The van der Waals surface area contributed by atoms with E-state index in [1.54, 1.807) is 11.3 Å². The lowest BCUT2D eigenvalue weighted by Gasteiger charge is -2.03. The first-order valence-corrected chi connectivity index (χ1v) is 7.35. The predicted molar refractivity (Wildman–Crippen MR) is 85.1 cm³/mol. The minimum absolute atomic E-state index is 1.03. The summed E-state index contributed by atoms with van der Waals surface area (Å²) in [6.07, 6.45) is 0.